The Morgan fingerprint density at radius 2 is 1.65 bits per heavy atom. The number of rotatable bonds is 4. The maximum atomic E-state index is 5.36. The molecule has 4 heteroatoms. The second kappa shape index (κ2) is 7.34. The van der Waals surface area contributed by atoms with E-state index in [-0.39, 0.29) is 12.4 Å². The topological polar surface area (TPSA) is 31.4 Å². The van der Waals surface area contributed by atoms with Gasteiger partial charge in [-0.2, -0.15) is 0 Å². The van der Waals surface area contributed by atoms with Gasteiger partial charge in [0.05, 0.1) is 19.7 Å². The van der Waals surface area contributed by atoms with Crippen LogP contribution in [-0.2, 0) is 6.42 Å². The third-order valence-corrected chi connectivity index (χ3v) is 3.81. The first-order valence-corrected chi connectivity index (χ1v) is 7.27. The number of aryl methyl sites for hydroxylation is 1. The molecule has 0 saturated heterocycles. The molecule has 0 atom stereocenters. The van der Waals surface area contributed by atoms with Gasteiger partial charge in [0.15, 0.2) is 11.5 Å². The molecule has 0 unspecified atom stereocenters. The largest absolute Gasteiger partial charge is 0.493 e. The van der Waals surface area contributed by atoms with Crippen molar-refractivity contribution in [3.05, 3.63) is 65.4 Å². The number of benzene rings is 2. The fraction of sp³-hybridized carbons (Fsp3) is 0.211. The van der Waals surface area contributed by atoms with E-state index in [1.54, 1.807) is 14.2 Å². The van der Waals surface area contributed by atoms with Crippen molar-refractivity contribution in [3.63, 3.8) is 0 Å². The van der Waals surface area contributed by atoms with Gasteiger partial charge in [-0.1, -0.05) is 24.3 Å². The van der Waals surface area contributed by atoms with Crippen LogP contribution in [0.25, 0.3) is 10.9 Å². The molecule has 0 aliphatic rings. The van der Waals surface area contributed by atoms with Crippen LogP contribution in [0.3, 0.4) is 0 Å². The zero-order valence-corrected chi connectivity index (χ0v) is 14.3. The predicted octanol–water partition coefficient (Wildman–Crippen LogP) is 4.57. The van der Waals surface area contributed by atoms with Crippen molar-refractivity contribution in [3.8, 4) is 11.5 Å². The van der Waals surface area contributed by atoms with Gasteiger partial charge < -0.3 is 9.47 Å². The minimum absolute atomic E-state index is 0. The Morgan fingerprint density at radius 1 is 0.913 bits per heavy atom. The van der Waals surface area contributed by atoms with Gasteiger partial charge in [-0.3, -0.25) is 4.98 Å². The number of hydrogen-bond donors (Lipinski definition) is 0. The molecular formula is C19H20ClNO2. The Kier molecular flexibility index (Phi) is 5.45. The molecule has 3 aromatic rings. The number of nitrogens with zero attached hydrogens (tertiary/aromatic N) is 1. The zero-order valence-electron chi connectivity index (χ0n) is 13.5. The SMILES string of the molecule is COc1ccc(Cc2cc(C)c3ccccc3n2)cc1OC.Cl. The number of fused-ring (bicyclic) bond motifs is 1. The molecule has 0 fully saturated rings. The molecule has 0 aliphatic heterocycles. The van der Waals surface area contributed by atoms with Crippen molar-refractivity contribution in [1.29, 1.82) is 0 Å². The second-order valence-corrected chi connectivity index (χ2v) is 5.31. The lowest BCUT2D eigenvalue weighted by Gasteiger charge is -2.10. The van der Waals surface area contributed by atoms with Crippen molar-refractivity contribution in [2.24, 2.45) is 0 Å². The minimum atomic E-state index is 0. The molecular weight excluding hydrogens is 310 g/mol. The standard InChI is InChI=1S/C19H19NO2.ClH/c1-13-10-15(20-17-7-5-4-6-16(13)17)11-14-8-9-18(21-2)19(12-14)22-3;/h4-10,12H,11H2,1-3H3;1H. The van der Waals surface area contributed by atoms with Crippen LogP contribution < -0.4 is 9.47 Å². The molecule has 3 nitrogen and oxygen atoms in total. The van der Waals surface area contributed by atoms with E-state index < -0.39 is 0 Å². The third kappa shape index (κ3) is 3.57. The van der Waals surface area contributed by atoms with Gasteiger partial charge in [0.1, 0.15) is 0 Å². The smallest absolute Gasteiger partial charge is 0.160 e. The Labute approximate surface area is 142 Å². The first kappa shape index (κ1) is 17.1. The van der Waals surface area contributed by atoms with Crippen molar-refractivity contribution in [1.82, 2.24) is 4.98 Å². The van der Waals surface area contributed by atoms with Crippen LogP contribution in [-0.4, -0.2) is 19.2 Å². The van der Waals surface area contributed by atoms with Gasteiger partial charge in [0.25, 0.3) is 0 Å². The first-order valence-electron chi connectivity index (χ1n) is 7.27. The van der Waals surface area contributed by atoms with Crippen molar-refractivity contribution in [2.45, 2.75) is 13.3 Å². The number of ether oxygens (including phenoxy) is 2. The van der Waals surface area contributed by atoms with Crippen LogP contribution in [0.2, 0.25) is 0 Å². The summed E-state index contributed by atoms with van der Waals surface area (Å²) >= 11 is 0. The molecule has 0 bridgehead atoms. The van der Waals surface area contributed by atoms with Crippen molar-refractivity contribution < 1.29 is 9.47 Å². The fourth-order valence-corrected chi connectivity index (χ4v) is 2.71. The van der Waals surface area contributed by atoms with Gasteiger partial charge in [0.2, 0.25) is 0 Å². The van der Waals surface area contributed by atoms with E-state index in [1.165, 1.54) is 10.9 Å². The fourth-order valence-electron chi connectivity index (χ4n) is 2.71. The molecule has 1 heterocycles. The van der Waals surface area contributed by atoms with Crippen molar-refractivity contribution in [2.75, 3.05) is 14.2 Å². The first-order chi connectivity index (χ1) is 10.7. The van der Waals surface area contributed by atoms with Crippen LogP contribution in [0.4, 0.5) is 0 Å². The molecule has 2 aromatic carbocycles. The molecule has 0 N–H and O–H groups in total. The summed E-state index contributed by atoms with van der Waals surface area (Å²) in [6.45, 7) is 2.13. The molecule has 0 amide bonds. The maximum Gasteiger partial charge on any atom is 0.160 e. The Morgan fingerprint density at radius 3 is 2.39 bits per heavy atom. The van der Waals surface area contributed by atoms with Gasteiger partial charge in [-0.15, -0.1) is 12.4 Å². The van der Waals surface area contributed by atoms with E-state index in [1.807, 2.05) is 30.3 Å². The predicted molar refractivity (Wildman–Crippen MR) is 96.1 cm³/mol. The van der Waals surface area contributed by atoms with E-state index in [2.05, 4.69) is 25.1 Å². The quantitative estimate of drug-likeness (QED) is 0.702. The summed E-state index contributed by atoms with van der Waals surface area (Å²) in [4.78, 5) is 4.76. The van der Waals surface area contributed by atoms with Crippen molar-refractivity contribution >= 4 is 23.3 Å². The van der Waals surface area contributed by atoms with Crippen LogP contribution in [0.5, 0.6) is 11.5 Å². The van der Waals surface area contributed by atoms with Gasteiger partial charge in [-0.25, -0.2) is 0 Å². The highest BCUT2D eigenvalue weighted by molar-refractivity contribution is 5.85. The molecule has 3 rings (SSSR count). The molecule has 0 saturated carbocycles. The van der Waals surface area contributed by atoms with E-state index in [0.717, 1.165) is 34.7 Å². The molecule has 120 valence electrons. The summed E-state index contributed by atoms with van der Waals surface area (Å²) in [7, 11) is 3.30. The normalized spacial score (nSPS) is 10.2. The summed E-state index contributed by atoms with van der Waals surface area (Å²) in [6.07, 6.45) is 0.770. The summed E-state index contributed by atoms with van der Waals surface area (Å²) < 4.78 is 10.6. The van der Waals surface area contributed by atoms with E-state index >= 15 is 0 Å². The number of hydrogen-bond acceptors (Lipinski definition) is 3. The highest BCUT2D eigenvalue weighted by atomic mass is 35.5. The van der Waals surface area contributed by atoms with Crippen LogP contribution in [0.15, 0.2) is 48.5 Å². The summed E-state index contributed by atoms with van der Waals surface area (Å²) in [5, 5.41) is 1.21. The lowest BCUT2D eigenvalue weighted by Crippen LogP contribution is -1.97. The highest BCUT2D eigenvalue weighted by Gasteiger charge is 2.07. The van der Waals surface area contributed by atoms with E-state index in [0.29, 0.717) is 0 Å². The van der Waals surface area contributed by atoms with Gasteiger partial charge in [0, 0.05) is 17.5 Å². The molecule has 0 radical (unpaired) electrons. The average Bonchev–Trinajstić information content (AvgIpc) is 2.55. The Balaban J connectivity index is 0.00000192. The number of aromatic nitrogens is 1. The number of halogens is 1. The molecule has 23 heavy (non-hydrogen) atoms. The number of pyridine rings is 1. The summed E-state index contributed by atoms with van der Waals surface area (Å²) in [6, 6.07) is 16.4. The number of para-hydroxylation sites is 1. The van der Waals surface area contributed by atoms with E-state index in [9.17, 15) is 0 Å². The Bertz CT molecular complexity index is 818. The van der Waals surface area contributed by atoms with Gasteiger partial charge in [-0.05, 0) is 42.3 Å². The minimum Gasteiger partial charge on any atom is -0.493 e. The lowest BCUT2D eigenvalue weighted by molar-refractivity contribution is 0.354. The monoisotopic (exact) mass is 329 g/mol. The summed E-state index contributed by atoms with van der Waals surface area (Å²) in [5.74, 6) is 1.49. The number of methoxy groups -OCH3 is 2. The maximum absolute atomic E-state index is 5.36. The van der Waals surface area contributed by atoms with Crippen LogP contribution in [0.1, 0.15) is 16.8 Å². The van der Waals surface area contributed by atoms with Crippen LogP contribution >= 0.6 is 12.4 Å². The molecule has 1 aromatic heterocycles. The Hall–Kier alpha value is -2.26. The molecule has 0 spiro atoms. The third-order valence-electron chi connectivity index (χ3n) is 3.81. The highest BCUT2D eigenvalue weighted by Crippen LogP contribution is 2.28. The summed E-state index contributed by atoms with van der Waals surface area (Å²) in [5.41, 5.74) is 4.50. The lowest BCUT2D eigenvalue weighted by atomic mass is 10.0. The van der Waals surface area contributed by atoms with Gasteiger partial charge >= 0.3 is 0 Å². The van der Waals surface area contributed by atoms with E-state index in [4.69, 9.17) is 14.5 Å². The zero-order chi connectivity index (χ0) is 15.5. The van der Waals surface area contributed by atoms with Crippen LogP contribution in [0, 0.1) is 6.92 Å². The second-order valence-electron chi connectivity index (χ2n) is 5.31. The average molecular weight is 330 g/mol. The molecule has 0 aliphatic carbocycles.